The second-order valence-corrected chi connectivity index (χ2v) is 7.88. The summed E-state index contributed by atoms with van der Waals surface area (Å²) in [4.78, 5) is 14.3. The molecule has 2 fully saturated rings. The molecule has 2 rings (SSSR count). The van der Waals surface area contributed by atoms with Gasteiger partial charge in [-0.3, -0.25) is 4.79 Å². The van der Waals surface area contributed by atoms with Crippen LogP contribution in [-0.4, -0.2) is 62.1 Å². The molecule has 6 nitrogen and oxygen atoms in total. The molecule has 0 aromatic carbocycles. The van der Waals surface area contributed by atoms with Gasteiger partial charge in [-0.15, -0.1) is 0 Å². The zero-order valence-corrected chi connectivity index (χ0v) is 12.8. The average Bonchev–Trinajstić information content (AvgIpc) is 3.01. The Morgan fingerprint density at radius 1 is 1.35 bits per heavy atom. The van der Waals surface area contributed by atoms with Crippen LogP contribution >= 0.6 is 0 Å². The van der Waals surface area contributed by atoms with E-state index < -0.39 is 15.9 Å². The molecule has 0 aliphatic carbocycles. The van der Waals surface area contributed by atoms with Crippen LogP contribution in [0.15, 0.2) is 0 Å². The molecular formula is C13H24N2O4S. The Kier molecular flexibility index (Phi) is 5.04. The van der Waals surface area contributed by atoms with Crippen LogP contribution in [0.1, 0.15) is 32.6 Å². The molecule has 1 unspecified atom stereocenters. The SMILES string of the molecule is CCCN(C(=O)[C@@H]1CC[C@H](CN)O1)C1CCS(=O)(=O)C1. The van der Waals surface area contributed by atoms with Gasteiger partial charge in [0.25, 0.3) is 5.91 Å². The van der Waals surface area contributed by atoms with Crippen molar-refractivity contribution in [3.8, 4) is 0 Å². The van der Waals surface area contributed by atoms with Gasteiger partial charge >= 0.3 is 0 Å². The fourth-order valence-electron chi connectivity index (χ4n) is 2.98. The van der Waals surface area contributed by atoms with Gasteiger partial charge in [0.05, 0.1) is 17.6 Å². The molecular weight excluding hydrogens is 280 g/mol. The molecule has 0 radical (unpaired) electrons. The van der Waals surface area contributed by atoms with Crippen molar-refractivity contribution < 1.29 is 17.9 Å². The summed E-state index contributed by atoms with van der Waals surface area (Å²) >= 11 is 0. The van der Waals surface area contributed by atoms with Gasteiger partial charge in [0, 0.05) is 19.1 Å². The summed E-state index contributed by atoms with van der Waals surface area (Å²) in [5.41, 5.74) is 5.56. The topological polar surface area (TPSA) is 89.7 Å². The van der Waals surface area contributed by atoms with Crippen molar-refractivity contribution in [3.63, 3.8) is 0 Å². The fourth-order valence-corrected chi connectivity index (χ4v) is 4.71. The Balaban J connectivity index is 2.03. The fraction of sp³-hybridized carbons (Fsp3) is 0.923. The predicted molar refractivity (Wildman–Crippen MR) is 76.0 cm³/mol. The maximum Gasteiger partial charge on any atom is 0.251 e. The Morgan fingerprint density at radius 3 is 2.60 bits per heavy atom. The first-order valence-corrected chi connectivity index (χ1v) is 9.15. The number of carbonyl (C=O) groups is 1. The van der Waals surface area contributed by atoms with E-state index in [2.05, 4.69) is 0 Å². The molecule has 1 amide bonds. The van der Waals surface area contributed by atoms with Gasteiger partial charge in [-0.2, -0.15) is 0 Å². The van der Waals surface area contributed by atoms with E-state index in [1.54, 1.807) is 4.90 Å². The van der Waals surface area contributed by atoms with Crippen molar-refractivity contribution in [2.75, 3.05) is 24.6 Å². The number of amides is 1. The summed E-state index contributed by atoms with van der Waals surface area (Å²) in [6, 6.07) is -0.187. The summed E-state index contributed by atoms with van der Waals surface area (Å²) in [7, 11) is -2.99. The molecule has 0 aromatic heterocycles. The molecule has 0 aromatic rings. The van der Waals surface area contributed by atoms with Gasteiger partial charge in [-0.1, -0.05) is 6.92 Å². The van der Waals surface area contributed by atoms with Gasteiger partial charge in [0.15, 0.2) is 9.84 Å². The highest BCUT2D eigenvalue weighted by atomic mass is 32.2. The second kappa shape index (κ2) is 6.41. The Hall–Kier alpha value is -0.660. The number of ether oxygens (including phenoxy) is 1. The number of carbonyl (C=O) groups excluding carboxylic acids is 1. The van der Waals surface area contributed by atoms with Crippen molar-refractivity contribution in [3.05, 3.63) is 0 Å². The first kappa shape index (κ1) is 15.7. The molecule has 2 heterocycles. The van der Waals surface area contributed by atoms with E-state index in [9.17, 15) is 13.2 Å². The summed E-state index contributed by atoms with van der Waals surface area (Å²) in [6.45, 7) is 3.00. The largest absolute Gasteiger partial charge is 0.364 e. The van der Waals surface area contributed by atoms with E-state index >= 15 is 0 Å². The number of nitrogens with zero attached hydrogens (tertiary/aromatic N) is 1. The lowest BCUT2D eigenvalue weighted by molar-refractivity contribution is -0.144. The van der Waals surface area contributed by atoms with E-state index in [0.717, 1.165) is 12.8 Å². The maximum absolute atomic E-state index is 12.6. The highest BCUT2D eigenvalue weighted by molar-refractivity contribution is 7.91. The summed E-state index contributed by atoms with van der Waals surface area (Å²) < 4.78 is 28.9. The molecule has 2 aliphatic rings. The summed E-state index contributed by atoms with van der Waals surface area (Å²) in [6.07, 6.45) is 2.35. The molecule has 0 spiro atoms. The number of rotatable bonds is 5. The summed E-state index contributed by atoms with van der Waals surface area (Å²) in [5.74, 6) is 0.207. The van der Waals surface area contributed by atoms with E-state index in [0.29, 0.717) is 25.9 Å². The molecule has 0 saturated carbocycles. The molecule has 3 atom stereocenters. The lowest BCUT2D eigenvalue weighted by Crippen LogP contribution is -2.46. The average molecular weight is 304 g/mol. The van der Waals surface area contributed by atoms with Crippen LogP contribution in [0.3, 0.4) is 0 Å². The zero-order valence-electron chi connectivity index (χ0n) is 12.0. The van der Waals surface area contributed by atoms with E-state index in [1.807, 2.05) is 6.92 Å². The molecule has 2 saturated heterocycles. The molecule has 20 heavy (non-hydrogen) atoms. The van der Waals surface area contributed by atoms with Gasteiger partial charge in [-0.05, 0) is 25.7 Å². The molecule has 7 heteroatoms. The monoisotopic (exact) mass is 304 g/mol. The van der Waals surface area contributed by atoms with Crippen molar-refractivity contribution >= 4 is 15.7 Å². The lowest BCUT2D eigenvalue weighted by Gasteiger charge is -2.30. The van der Waals surface area contributed by atoms with Crippen LogP contribution in [0.25, 0.3) is 0 Å². The molecule has 116 valence electrons. The van der Waals surface area contributed by atoms with Crippen LogP contribution in [0.4, 0.5) is 0 Å². The Labute approximate surface area is 120 Å². The van der Waals surface area contributed by atoms with Crippen LogP contribution in [0.2, 0.25) is 0 Å². The normalized spacial score (nSPS) is 32.4. The number of sulfone groups is 1. The quantitative estimate of drug-likeness (QED) is 0.767. The third-order valence-electron chi connectivity index (χ3n) is 4.04. The number of hydrogen-bond donors (Lipinski definition) is 1. The molecule has 2 N–H and O–H groups in total. The third-order valence-corrected chi connectivity index (χ3v) is 5.79. The van der Waals surface area contributed by atoms with Crippen LogP contribution in [0.5, 0.6) is 0 Å². The first-order chi connectivity index (χ1) is 9.46. The zero-order chi connectivity index (χ0) is 14.8. The smallest absolute Gasteiger partial charge is 0.251 e. The van der Waals surface area contributed by atoms with Crippen molar-refractivity contribution in [2.45, 2.75) is 50.9 Å². The summed E-state index contributed by atoms with van der Waals surface area (Å²) in [5, 5.41) is 0. The maximum atomic E-state index is 12.6. The minimum absolute atomic E-state index is 0.0419. The molecule has 0 bridgehead atoms. The Morgan fingerprint density at radius 2 is 2.10 bits per heavy atom. The van der Waals surface area contributed by atoms with Gasteiger partial charge in [0.1, 0.15) is 6.10 Å². The van der Waals surface area contributed by atoms with Crippen LogP contribution < -0.4 is 5.73 Å². The van der Waals surface area contributed by atoms with Crippen molar-refractivity contribution in [2.24, 2.45) is 5.73 Å². The Bertz CT molecular complexity index is 451. The first-order valence-electron chi connectivity index (χ1n) is 7.33. The van der Waals surface area contributed by atoms with Crippen molar-refractivity contribution in [1.82, 2.24) is 4.90 Å². The minimum Gasteiger partial charge on any atom is -0.364 e. The predicted octanol–water partition coefficient (Wildman–Crippen LogP) is -0.0816. The van der Waals surface area contributed by atoms with Gasteiger partial charge in [-0.25, -0.2) is 8.42 Å². The van der Waals surface area contributed by atoms with Crippen LogP contribution in [-0.2, 0) is 19.4 Å². The van der Waals surface area contributed by atoms with Gasteiger partial charge in [0.2, 0.25) is 0 Å². The molecule has 2 aliphatic heterocycles. The van der Waals surface area contributed by atoms with Crippen molar-refractivity contribution in [1.29, 1.82) is 0 Å². The highest BCUT2D eigenvalue weighted by Crippen LogP contribution is 2.24. The van der Waals surface area contributed by atoms with E-state index in [4.69, 9.17) is 10.5 Å². The van der Waals surface area contributed by atoms with E-state index in [1.165, 1.54) is 0 Å². The highest BCUT2D eigenvalue weighted by Gasteiger charge is 2.39. The standard InChI is InChI=1S/C13H24N2O4S/c1-2-6-15(10-5-7-20(17,18)9-10)13(16)12-4-3-11(8-14)19-12/h10-12H,2-9,14H2,1H3/t10?,11-,12+/m1/s1. The second-order valence-electron chi connectivity index (χ2n) is 5.65. The number of nitrogens with two attached hydrogens (primary N) is 1. The lowest BCUT2D eigenvalue weighted by atomic mass is 10.1. The number of hydrogen-bond acceptors (Lipinski definition) is 5. The minimum atomic E-state index is -2.99. The van der Waals surface area contributed by atoms with E-state index in [-0.39, 0.29) is 29.6 Å². The van der Waals surface area contributed by atoms with Gasteiger partial charge < -0.3 is 15.4 Å². The van der Waals surface area contributed by atoms with Crippen LogP contribution in [0, 0.1) is 0 Å². The third kappa shape index (κ3) is 3.51.